The maximum Gasteiger partial charge on any atom is 0.125 e. The minimum Gasteiger partial charge on any atom is -0.467 e. The van der Waals surface area contributed by atoms with Crippen molar-refractivity contribution in [1.29, 1.82) is 0 Å². The molecule has 0 aliphatic rings. The summed E-state index contributed by atoms with van der Waals surface area (Å²) in [5.74, 6) is 0.938. The molecule has 84 valence electrons. The summed E-state index contributed by atoms with van der Waals surface area (Å²) in [4.78, 5) is 0. The van der Waals surface area contributed by atoms with Gasteiger partial charge in [0, 0.05) is 10.2 Å². The molecule has 0 saturated carbocycles. The zero-order valence-electron chi connectivity index (χ0n) is 9.33. The zero-order chi connectivity index (χ0) is 11.5. The van der Waals surface area contributed by atoms with Gasteiger partial charge in [0.1, 0.15) is 5.76 Å². The molecule has 0 aliphatic heterocycles. The van der Waals surface area contributed by atoms with Crippen molar-refractivity contribution in [2.24, 2.45) is 0 Å². The lowest BCUT2D eigenvalue weighted by Gasteiger charge is -2.14. The fourth-order valence-corrected chi connectivity index (χ4v) is 1.95. The average Bonchev–Trinajstić information content (AvgIpc) is 2.76. The van der Waals surface area contributed by atoms with E-state index in [0.29, 0.717) is 0 Å². The molecule has 1 heterocycles. The highest BCUT2D eigenvalue weighted by Gasteiger charge is 2.09. The van der Waals surface area contributed by atoms with E-state index in [1.807, 2.05) is 18.2 Å². The smallest absolute Gasteiger partial charge is 0.125 e. The third kappa shape index (κ3) is 2.47. The number of anilines is 1. The van der Waals surface area contributed by atoms with Gasteiger partial charge in [-0.25, -0.2) is 0 Å². The summed E-state index contributed by atoms with van der Waals surface area (Å²) in [5, 5.41) is 3.41. The normalized spacial score (nSPS) is 12.4. The summed E-state index contributed by atoms with van der Waals surface area (Å²) in [6.07, 6.45) is 1.69. The quantitative estimate of drug-likeness (QED) is 0.894. The fraction of sp³-hybridized carbons (Fsp3) is 0.231. The monoisotopic (exact) mass is 279 g/mol. The molecule has 0 fully saturated rings. The second kappa shape index (κ2) is 4.74. The van der Waals surface area contributed by atoms with Gasteiger partial charge >= 0.3 is 0 Å². The van der Waals surface area contributed by atoms with Gasteiger partial charge in [0.15, 0.2) is 0 Å². The summed E-state index contributed by atoms with van der Waals surface area (Å²) in [6, 6.07) is 10.3. The SMILES string of the molecule is Cc1ccc(Br)c(NC(C)c2ccco2)c1. The molecule has 3 heteroatoms. The van der Waals surface area contributed by atoms with Crippen LogP contribution in [0.15, 0.2) is 45.5 Å². The zero-order valence-corrected chi connectivity index (χ0v) is 10.9. The molecular weight excluding hydrogens is 266 g/mol. The molecule has 16 heavy (non-hydrogen) atoms. The molecule has 2 rings (SSSR count). The van der Waals surface area contributed by atoms with Crippen LogP contribution in [0.2, 0.25) is 0 Å². The number of hydrogen-bond donors (Lipinski definition) is 1. The second-order valence-electron chi connectivity index (χ2n) is 3.86. The summed E-state index contributed by atoms with van der Waals surface area (Å²) in [5.41, 5.74) is 2.32. The lowest BCUT2D eigenvalue weighted by Crippen LogP contribution is -2.06. The molecule has 0 aliphatic carbocycles. The number of hydrogen-bond acceptors (Lipinski definition) is 2. The highest BCUT2D eigenvalue weighted by molar-refractivity contribution is 9.10. The largest absolute Gasteiger partial charge is 0.467 e. The minimum absolute atomic E-state index is 0.160. The topological polar surface area (TPSA) is 25.2 Å². The molecule has 0 radical (unpaired) electrons. The Bertz CT molecular complexity index is 465. The Morgan fingerprint density at radius 3 is 2.81 bits per heavy atom. The number of rotatable bonds is 3. The lowest BCUT2D eigenvalue weighted by molar-refractivity contribution is 0.490. The third-order valence-electron chi connectivity index (χ3n) is 2.46. The number of nitrogens with one attached hydrogen (secondary N) is 1. The maximum atomic E-state index is 5.36. The maximum absolute atomic E-state index is 5.36. The van der Waals surface area contributed by atoms with Gasteiger partial charge in [-0.15, -0.1) is 0 Å². The summed E-state index contributed by atoms with van der Waals surface area (Å²) in [7, 11) is 0. The molecule has 2 nitrogen and oxygen atoms in total. The van der Waals surface area contributed by atoms with Crippen molar-refractivity contribution in [1.82, 2.24) is 0 Å². The number of aryl methyl sites for hydroxylation is 1. The Morgan fingerprint density at radius 1 is 1.31 bits per heavy atom. The van der Waals surface area contributed by atoms with Crippen molar-refractivity contribution in [3.05, 3.63) is 52.4 Å². The van der Waals surface area contributed by atoms with Crippen molar-refractivity contribution in [3.63, 3.8) is 0 Å². The van der Waals surface area contributed by atoms with Crippen LogP contribution in [0.1, 0.15) is 24.3 Å². The minimum atomic E-state index is 0.160. The van der Waals surface area contributed by atoms with Crippen molar-refractivity contribution >= 4 is 21.6 Å². The fourth-order valence-electron chi connectivity index (χ4n) is 1.59. The highest BCUT2D eigenvalue weighted by Crippen LogP contribution is 2.27. The van der Waals surface area contributed by atoms with Gasteiger partial charge in [-0.2, -0.15) is 0 Å². The van der Waals surface area contributed by atoms with Crippen LogP contribution < -0.4 is 5.32 Å². The first-order valence-electron chi connectivity index (χ1n) is 5.23. The van der Waals surface area contributed by atoms with Gasteiger partial charge < -0.3 is 9.73 Å². The van der Waals surface area contributed by atoms with E-state index in [1.165, 1.54) is 5.56 Å². The molecule has 2 aromatic rings. The molecular formula is C13H14BrNO. The van der Waals surface area contributed by atoms with E-state index in [1.54, 1.807) is 6.26 Å². The Kier molecular flexibility index (Phi) is 3.34. The van der Waals surface area contributed by atoms with Crippen molar-refractivity contribution < 1.29 is 4.42 Å². The van der Waals surface area contributed by atoms with E-state index in [2.05, 4.69) is 47.2 Å². The summed E-state index contributed by atoms with van der Waals surface area (Å²) < 4.78 is 6.43. The van der Waals surface area contributed by atoms with Gasteiger partial charge in [-0.1, -0.05) is 6.07 Å². The lowest BCUT2D eigenvalue weighted by atomic mass is 10.2. The Balaban J connectivity index is 2.17. The number of halogens is 1. The molecule has 0 saturated heterocycles. The van der Waals surface area contributed by atoms with Crippen LogP contribution in [0.3, 0.4) is 0 Å². The first kappa shape index (κ1) is 11.3. The van der Waals surface area contributed by atoms with Gasteiger partial charge in [0.05, 0.1) is 12.3 Å². The molecule has 1 N–H and O–H groups in total. The molecule has 1 unspecified atom stereocenters. The van der Waals surface area contributed by atoms with Crippen LogP contribution in [0.25, 0.3) is 0 Å². The number of benzene rings is 1. The van der Waals surface area contributed by atoms with Gasteiger partial charge in [-0.05, 0) is 59.6 Å². The van der Waals surface area contributed by atoms with E-state index >= 15 is 0 Å². The Hall–Kier alpha value is -1.22. The van der Waals surface area contributed by atoms with Crippen molar-refractivity contribution in [3.8, 4) is 0 Å². The first-order valence-corrected chi connectivity index (χ1v) is 6.02. The van der Waals surface area contributed by atoms with Gasteiger partial charge in [0.2, 0.25) is 0 Å². The van der Waals surface area contributed by atoms with Crippen LogP contribution in [-0.4, -0.2) is 0 Å². The van der Waals surface area contributed by atoms with Crippen molar-refractivity contribution in [2.45, 2.75) is 19.9 Å². The Labute approximate surface area is 104 Å². The van der Waals surface area contributed by atoms with E-state index in [4.69, 9.17) is 4.42 Å². The van der Waals surface area contributed by atoms with Gasteiger partial charge in [-0.3, -0.25) is 0 Å². The second-order valence-corrected chi connectivity index (χ2v) is 4.72. The third-order valence-corrected chi connectivity index (χ3v) is 3.16. The summed E-state index contributed by atoms with van der Waals surface area (Å²) >= 11 is 3.53. The van der Waals surface area contributed by atoms with Crippen molar-refractivity contribution in [2.75, 3.05) is 5.32 Å². The van der Waals surface area contributed by atoms with Crippen LogP contribution in [0.5, 0.6) is 0 Å². The molecule has 0 amide bonds. The average molecular weight is 280 g/mol. The molecule has 0 spiro atoms. The highest BCUT2D eigenvalue weighted by atomic mass is 79.9. The van der Waals surface area contributed by atoms with Crippen LogP contribution >= 0.6 is 15.9 Å². The first-order chi connectivity index (χ1) is 7.66. The van der Waals surface area contributed by atoms with Crippen LogP contribution in [0.4, 0.5) is 5.69 Å². The predicted octanol–water partition coefficient (Wildman–Crippen LogP) is 4.52. The Morgan fingerprint density at radius 2 is 2.12 bits per heavy atom. The molecule has 1 atom stereocenters. The molecule has 0 bridgehead atoms. The van der Waals surface area contributed by atoms with Crippen LogP contribution in [-0.2, 0) is 0 Å². The van der Waals surface area contributed by atoms with E-state index in [0.717, 1.165) is 15.9 Å². The van der Waals surface area contributed by atoms with Gasteiger partial charge in [0.25, 0.3) is 0 Å². The van der Waals surface area contributed by atoms with E-state index in [-0.39, 0.29) is 6.04 Å². The summed E-state index contributed by atoms with van der Waals surface area (Å²) in [6.45, 7) is 4.16. The van der Waals surface area contributed by atoms with Crippen LogP contribution in [0, 0.1) is 6.92 Å². The number of furan rings is 1. The van der Waals surface area contributed by atoms with E-state index in [9.17, 15) is 0 Å². The molecule has 1 aromatic carbocycles. The van der Waals surface area contributed by atoms with E-state index < -0.39 is 0 Å². The molecule has 1 aromatic heterocycles. The predicted molar refractivity (Wildman–Crippen MR) is 69.6 cm³/mol. The standard InChI is InChI=1S/C13H14BrNO/c1-9-5-6-11(14)12(8-9)15-10(2)13-4-3-7-16-13/h3-8,10,15H,1-2H3.